The summed E-state index contributed by atoms with van der Waals surface area (Å²) in [6.07, 6.45) is 0. The van der Waals surface area contributed by atoms with E-state index in [2.05, 4.69) is 25.7 Å². The predicted octanol–water partition coefficient (Wildman–Crippen LogP) is 3.06. The van der Waals surface area contributed by atoms with Crippen LogP contribution in [0, 0.1) is 0 Å². The molecule has 0 atom stereocenters. The fourth-order valence-corrected chi connectivity index (χ4v) is 3.02. The van der Waals surface area contributed by atoms with Crippen LogP contribution in [0.15, 0.2) is 52.9 Å². The smallest absolute Gasteiger partial charge is 0.322 e. The number of carbonyl (C=O) groups excluding carboxylic acids is 2. The normalized spacial score (nSPS) is 13.7. The maximum atomic E-state index is 12.3. The summed E-state index contributed by atoms with van der Waals surface area (Å²) in [5.74, 6) is -1.30. The Labute approximate surface area is 177 Å². The van der Waals surface area contributed by atoms with Gasteiger partial charge in [-0.2, -0.15) is 0 Å². The highest BCUT2D eigenvalue weighted by Crippen LogP contribution is 2.20. The molecule has 1 aliphatic heterocycles. The zero-order valence-corrected chi connectivity index (χ0v) is 16.6. The van der Waals surface area contributed by atoms with Crippen molar-refractivity contribution in [3.8, 4) is 0 Å². The maximum Gasteiger partial charge on any atom is 0.322 e. The lowest BCUT2D eigenvalue weighted by atomic mass is 10.2. The Morgan fingerprint density at radius 1 is 0.900 bits per heavy atom. The SMILES string of the molecule is O=C(Nc1nnc(C(=O)Nc2ccc(N3CCOCC3)cc2)o1)c1ccc(Cl)cc1. The van der Waals surface area contributed by atoms with Gasteiger partial charge in [-0.3, -0.25) is 14.9 Å². The first kappa shape index (κ1) is 19.9. The number of halogens is 1. The van der Waals surface area contributed by atoms with Crippen LogP contribution >= 0.6 is 11.6 Å². The van der Waals surface area contributed by atoms with Crippen LogP contribution in [0.2, 0.25) is 5.02 Å². The number of amides is 2. The molecule has 2 aromatic carbocycles. The van der Waals surface area contributed by atoms with Gasteiger partial charge in [0.1, 0.15) is 0 Å². The standard InChI is InChI=1S/C20H18ClN5O4/c21-14-3-1-13(2-4-14)17(27)23-20-25-24-19(30-20)18(28)22-15-5-7-16(8-6-15)26-9-11-29-12-10-26/h1-8H,9-12H2,(H,22,28)(H,23,25,27). The van der Waals surface area contributed by atoms with E-state index < -0.39 is 11.8 Å². The van der Waals surface area contributed by atoms with E-state index in [9.17, 15) is 9.59 Å². The van der Waals surface area contributed by atoms with Crippen LogP contribution in [0.1, 0.15) is 21.0 Å². The monoisotopic (exact) mass is 427 g/mol. The molecular formula is C20H18ClN5O4. The first-order valence-electron chi connectivity index (χ1n) is 9.23. The second-order valence-corrected chi connectivity index (χ2v) is 6.91. The van der Waals surface area contributed by atoms with Crippen LogP contribution in [0.25, 0.3) is 0 Å². The molecule has 2 amide bonds. The molecule has 3 aromatic rings. The molecule has 0 unspecified atom stereocenters. The molecule has 0 radical (unpaired) electrons. The first-order chi connectivity index (χ1) is 14.6. The number of hydrogen-bond acceptors (Lipinski definition) is 7. The quantitative estimate of drug-likeness (QED) is 0.643. The minimum Gasteiger partial charge on any atom is -0.399 e. The number of morpholine rings is 1. The van der Waals surface area contributed by atoms with Gasteiger partial charge in [-0.05, 0) is 48.5 Å². The number of aromatic nitrogens is 2. The Hall–Kier alpha value is -3.43. The lowest BCUT2D eigenvalue weighted by Crippen LogP contribution is -2.36. The van der Waals surface area contributed by atoms with Gasteiger partial charge in [0, 0.05) is 35.1 Å². The van der Waals surface area contributed by atoms with Gasteiger partial charge in [0.05, 0.1) is 13.2 Å². The van der Waals surface area contributed by atoms with Crippen LogP contribution < -0.4 is 15.5 Å². The summed E-state index contributed by atoms with van der Waals surface area (Å²) in [5.41, 5.74) is 2.01. The van der Waals surface area contributed by atoms with Crippen LogP contribution in [0.5, 0.6) is 0 Å². The van der Waals surface area contributed by atoms with Gasteiger partial charge in [0.2, 0.25) is 0 Å². The maximum absolute atomic E-state index is 12.3. The summed E-state index contributed by atoms with van der Waals surface area (Å²) in [4.78, 5) is 26.7. The Balaban J connectivity index is 1.35. The summed E-state index contributed by atoms with van der Waals surface area (Å²) in [6.45, 7) is 3.06. The van der Waals surface area contributed by atoms with Crippen LogP contribution in [-0.4, -0.2) is 48.3 Å². The number of benzene rings is 2. The van der Waals surface area contributed by atoms with E-state index in [1.807, 2.05) is 12.1 Å². The highest BCUT2D eigenvalue weighted by atomic mass is 35.5. The summed E-state index contributed by atoms with van der Waals surface area (Å²) in [5, 5.41) is 13.0. The molecule has 0 saturated carbocycles. The zero-order chi connectivity index (χ0) is 20.9. The van der Waals surface area contributed by atoms with Gasteiger partial charge in [0.15, 0.2) is 0 Å². The van der Waals surface area contributed by atoms with Crippen molar-refractivity contribution in [3.63, 3.8) is 0 Å². The van der Waals surface area contributed by atoms with Crippen molar-refractivity contribution < 1.29 is 18.7 Å². The Morgan fingerprint density at radius 3 is 2.30 bits per heavy atom. The van der Waals surface area contributed by atoms with Crippen molar-refractivity contribution in [2.24, 2.45) is 0 Å². The molecule has 4 rings (SSSR count). The van der Waals surface area contributed by atoms with Crippen molar-refractivity contribution in [1.29, 1.82) is 0 Å². The average molecular weight is 428 g/mol. The van der Waals surface area contributed by atoms with Crippen molar-refractivity contribution in [1.82, 2.24) is 10.2 Å². The molecule has 2 heterocycles. The van der Waals surface area contributed by atoms with Crippen molar-refractivity contribution in [2.75, 3.05) is 41.8 Å². The summed E-state index contributed by atoms with van der Waals surface area (Å²) >= 11 is 5.80. The number of anilines is 3. The number of rotatable bonds is 5. The average Bonchev–Trinajstić information content (AvgIpc) is 3.24. The molecule has 10 heteroatoms. The largest absolute Gasteiger partial charge is 0.399 e. The first-order valence-corrected chi connectivity index (χ1v) is 9.61. The van der Waals surface area contributed by atoms with Crippen molar-refractivity contribution in [3.05, 3.63) is 65.0 Å². The van der Waals surface area contributed by atoms with E-state index in [1.54, 1.807) is 36.4 Å². The van der Waals surface area contributed by atoms with Gasteiger partial charge in [-0.1, -0.05) is 16.7 Å². The lowest BCUT2D eigenvalue weighted by molar-refractivity contribution is 0.0983. The third-order valence-electron chi connectivity index (χ3n) is 4.45. The number of ether oxygens (including phenoxy) is 1. The fraction of sp³-hybridized carbons (Fsp3) is 0.200. The number of carbonyl (C=O) groups is 2. The molecule has 1 aromatic heterocycles. The fourth-order valence-electron chi connectivity index (χ4n) is 2.90. The van der Waals surface area contributed by atoms with E-state index in [0.717, 1.165) is 18.8 Å². The summed E-state index contributed by atoms with van der Waals surface area (Å²) in [7, 11) is 0. The number of nitrogens with one attached hydrogen (secondary N) is 2. The van der Waals surface area contributed by atoms with Crippen LogP contribution in [0.4, 0.5) is 17.4 Å². The van der Waals surface area contributed by atoms with E-state index in [-0.39, 0.29) is 11.9 Å². The van der Waals surface area contributed by atoms with Gasteiger partial charge < -0.3 is 19.4 Å². The molecule has 9 nitrogen and oxygen atoms in total. The third-order valence-corrected chi connectivity index (χ3v) is 4.70. The van der Waals surface area contributed by atoms with Gasteiger partial charge >= 0.3 is 17.8 Å². The summed E-state index contributed by atoms with van der Waals surface area (Å²) < 4.78 is 10.6. The highest BCUT2D eigenvalue weighted by Gasteiger charge is 2.18. The highest BCUT2D eigenvalue weighted by molar-refractivity contribution is 6.30. The van der Waals surface area contributed by atoms with E-state index in [1.165, 1.54) is 0 Å². The topological polar surface area (TPSA) is 110 Å². The number of nitrogens with zero attached hydrogens (tertiary/aromatic N) is 3. The molecule has 0 aliphatic carbocycles. The van der Waals surface area contributed by atoms with Crippen molar-refractivity contribution >= 4 is 40.8 Å². The Morgan fingerprint density at radius 2 is 1.60 bits per heavy atom. The molecule has 1 fully saturated rings. The van der Waals surface area contributed by atoms with Gasteiger partial charge in [0.25, 0.3) is 5.91 Å². The lowest BCUT2D eigenvalue weighted by Gasteiger charge is -2.28. The number of hydrogen-bond donors (Lipinski definition) is 2. The minimum atomic E-state index is -0.575. The molecule has 1 aliphatic rings. The van der Waals surface area contributed by atoms with E-state index >= 15 is 0 Å². The Kier molecular flexibility index (Phi) is 5.92. The van der Waals surface area contributed by atoms with E-state index in [4.69, 9.17) is 20.8 Å². The predicted molar refractivity (Wildman–Crippen MR) is 111 cm³/mol. The molecular weight excluding hydrogens is 410 g/mol. The van der Waals surface area contributed by atoms with Gasteiger partial charge in [-0.25, -0.2) is 0 Å². The second kappa shape index (κ2) is 8.93. The molecule has 1 saturated heterocycles. The molecule has 30 heavy (non-hydrogen) atoms. The zero-order valence-electron chi connectivity index (χ0n) is 15.8. The van der Waals surface area contributed by atoms with E-state index in [0.29, 0.717) is 29.5 Å². The van der Waals surface area contributed by atoms with Gasteiger partial charge in [-0.15, -0.1) is 5.10 Å². The molecule has 0 bridgehead atoms. The third kappa shape index (κ3) is 4.76. The molecule has 154 valence electrons. The summed E-state index contributed by atoms with van der Waals surface area (Å²) in [6, 6.07) is 13.6. The molecule has 0 spiro atoms. The Bertz CT molecular complexity index is 1030. The molecule has 2 N–H and O–H groups in total. The second-order valence-electron chi connectivity index (χ2n) is 6.47. The van der Waals surface area contributed by atoms with Crippen molar-refractivity contribution in [2.45, 2.75) is 0 Å². The minimum absolute atomic E-state index is 0.178. The van der Waals surface area contributed by atoms with Crippen LogP contribution in [-0.2, 0) is 4.74 Å². The van der Waals surface area contributed by atoms with Crippen LogP contribution in [0.3, 0.4) is 0 Å².